The molecule has 11 heteroatoms. The van der Waals surface area contributed by atoms with Crippen LogP contribution >= 0.6 is 0 Å². The standard InChI is InChI=1S/C33H33NO10/c1-17-24(41-31-26(37)28(43-32(34)39)29(40-4)33(2,3)44-31)14-13-21-25(36)22(30(38)42-27(17)21)16-23(35)20-12-8-11-19(15-20)18-9-6-5-7-10-18/h5-15,26,28-29,31,36-37H,16H2,1-4H3,(H2,34,39)/t26-,28+,29-,31-/m1/s1. The SMILES string of the molecule is CO[C@@H]1[C@@H](OC(N)=O)[C@@H](O)[C@H](Oc2ccc3c(O)c(CC(=O)c4cccc(-c5ccccc5)c4)c(=O)oc3c2C)OC1(C)C. The summed E-state index contributed by atoms with van der Waals surface area (Å²) < 4.78 is 28.1. The van der Waals surface area contributed by atoms with Gasteiger partial charge in [0.25, 0.3) is 0 Å². The van der Waals surface area contributed by atoms with Gasteiger partial charge in [-0.15, -0.1) is 0 Å². The van der Waals surface area contributed by atoms with Crippen LogP contribution in [0.2, 0.25) is 0 Å². The van der Waals surface area contributed by atoms with Gasteiger partial charge in [0, 0.05) is 24.7 Å². The largest absolute Gasteiger partial charge is 0.507 e. The Morgan fingerprint density at radius 2 is 1.73 bits per heavy atom. The number of nitrogens with two attached hydrogens (primary N) is 1. The number of hydrogen-bond acceptors (Lipinski definition) is 10. The maximum absolute atomic E-state index is 13.2. The monoisotopic (exact) mass is 603 g/mol. The number of aromatic hydroxyl groups is 1. The van der Waals surface area contributed by atoms with E-state index < -0.39 is 41.9 Å². The first-order valence-corrected chi connectivity index (χ1v) is 13.9. The van der Waals surface area contributed by atoms with Crippen LogP contribution < -0.4 is 16.1 Å². The summed E-state index contributed by atoms with van der Waals surface area (Å²) in [5, 5.41) is 22.2. The smallest absolute Gasteiger partial charge is 0.404 e. The third-order valence-corrected chi connectivity index (χ3v) is 7.74. The molecule has 4 atom stereocenters. The van der Waals surface area contributed by atoms with Crippen molar-refractivity contribution in [2.75, 3.05) is 7.11 Å². The molecule has 1 aliphatic heterocycles. The molecule has 44 heavy (non-hydrogen) atoms. The number of hydrogen-bond donors (Lipinski definition) is 3. The van der Waals surface area contributed by atoms with E-state index in [4.69, 9.17) is 29.1 Å². The number of carbonyl (C=O) groups is 2. The van der Waals surface area contributed by atoms with Crippen LogP contribution in [0.4, 0.5) is 4.79 Å². The first-order chi connectivity index (χ1) is 20.9. The van der Waals surface area contributed by atoms with Crippen LogP contribution in [0, 0.1) is 6.92 Å². The van der Waals surface area contributed by atoms with Crippen molar-refractivity contribution in [1.29, 1.82) is 0 Å². The lowest BCUT2D eigenvalue weighted by molar-refractivity contribution is -0.304. The van der Waals surface area contributed by atoms with E-state index in [1.165, 1.54) is 19.2 Å². The van der Waals surface area contributed by atoms with Gasteiger partial charge in [0.1, 0.15) is 23.2 Å². The molecule has 1 fully saturated rings. The van der Waals surface area contributed by atoms with Gasteiger partial charge in [-0.3, -0.25) is 4.79 Å². The molecule has 1 saturated heterocycles. The quantitative estimate of drug-likeness (QED) is 0.196. The van der Waals surface area contributed by atoms with E-state index in [2.05, 4.69) is 0 Å². The molecule has 0 saturated carbocycles. The Kier molecular flexibility index (Phi) is 8.46. The van der Waals surface area contributed by atoms with Gasteiger partial charge in [-0.1, -0.05) is 48.5 Å². The summed E-state index contributed by atoms with van der Waals surface area (Å²) in [6.45, 7) is 4.94. The number of aryl methyl sites for hydroxylation is 1. The molecular weight excluding hydrogens is 570 g/mol. The number of benzene rings is 3. The molecule has 0 spiro atoms. The maximum atomic E-state index is 13.2. The average molecular weight is 604 g/mol. The normalized spacial score (nSPS) is 21.1. The molecular formula is C33H33NO10. The van der Waals surface area contributed by atoms with E-state index in [0.717, 1.165) is 11.1 Å². The summed E-state index contributed by atoms with van der Waals surface area (Å²) in [5.41, 5.74) is 5.59. The predicted molar refractivity (Wildman–Crippen MR) is 160 cm³/mol. The van der Waals surface area contributed by atoms with E-state index in [0.29, 0.717) is 11.1 Å². The molecule has 0 bridgehead atoms. The lowest BCUT2D eigenvalue weighted by Crippen LogP contribution is -2.65. The van der Waals surface area contributed by atoms with Crippen molar-refractivity contribution < 1.29 is 43.2 Å². The highest BCUT2D eigenvalue weighted by Crippen LogP contribution is 2.38. The lowest BCUT2D eigenvalue weighted by Gasteiger charge is -2.47. The summed E-state index contributed by atoms with van der Waals surface area (Å²) >= 11 is 0. The van der Waals surface area contributed by atoms with Crippen LogP contribution in [0.3, 0.4) is 0 Å². The number of amides is 1. The third-order valence-electron chi connectivity index (χ3n) is 7.74. The Morgan fingerprint density at radius 1 is 1.02 bits per heavy atom. The van der Waals surface area contributed by atoms with Crippen LogP contribution in [0.15, 0.2) is 75.9 Å². The Bertz CT molecular complexity index is 1760. The second-order valence-electron chi connectivity index (χ2n) is 11.1. The van der Waals surface area contributed by atoms with Crippen molar-refractivity contribution in [1.82, 2.24) is 0 Å². The molecule has 1 aromatic heterocycles. The van der Waals surface area contributed by atoms with Crippen molar-refractivity contribution in [2.45, 2.75) is 57.4 Å². The molecule has 4 aromatic rings. The molecule has 2 heterocycles. The summed E-state index contributed by atoms with van der Waals surface area (Å²) in [6.07, 6.45) is -6.38. The van der Waals surface area contributed by atoms with Crippen LogP contribution in [-0.4, -0.2) is 59.4 Å². The first-order valence-electron chi connectivity index (χ1n) is 13.9. The Morgan fingerprint density at radius 3 is 2.41 bits per heavy atom. The Labute approximate surface area is 252 Å². The van der Waals surface area contributed by atoms with Gasteiger partial charge in [0.2, 0.25) is 6.29 Å². The van der Waals surface area contributed by atoms with E-state index in [1.54, 1.807) is 39.0 Å². The number of carbonyl (C=O) groups excluding carboxylic acids is 2. The van der Waals surface area contributed by atoms with Gasteiger partial charge < -0.3 is 39.3 Å². The Balaban J connectivity index is 1.42. The predicted octanol–water partition coefficient (Wildman–Crippen LogP) is 4.25. The topological polar surface area (TPSA) is 168 Å². The highest BCUT2D eigenvalue weighted by Gasteiger charge is 2.53. The number of ketones is 1. The molecule has 0 radical (unpaired) electrons. The van der Waals surface area contributed by atoms with E-state index in [-0.39, 0.29) is 40.2 Å². The summed E-state index contributed by atoms with van der Waals surface area (Å²) in [5.74, 6) is -0.587. The van der Waals surface area contributed by atoms with Crippen molar-refractivity contribution >= 4 is 22.8 Å². The number of fused-ring (bicyclic) bond motifs is 1. The van der Waals surface area contributed by atoms with Crippen LogP contribution in [-0.2, 0) is 20.6 Å². The van der Waals surface area contributed by atoms with Crippen molar-refractivity contribution in [3.05, 3.63) is 93.8 Å². The van der Waals surface area contributed by atoms with Crippen LogP contribution in [0.5, 0.6) is 11.5 Å². The van der Waals surface area contributed by atoms with E-state index in [1.807, 2.05) is 36.4 Å². The van der Waals surface area contributed by atoms with Gasteiger partial charge >= 0.3 is 11.7 Å². The summed E-state index contributed by atoms with van der Waals surface area (Å²) in [4.78, 5) is 37.8. The highest BCUT2D eigenvalue weighted by molar-refractivity contribution is 6.00. The number of rotatable bonds is 8. The van der Waals surface area contributed by atoms with Gasteiger partial charge in [-0.05, 0) is 50.1 Å². The molecule has 0 unspecified atom stereocenters. The second-order valence-corrected chi connectivity index (χ2v) is 11.1. The van der Waals surface area contributed by atoms with E-state index in [9.17, 15) is 24.6 Å². The van der Waals surface area contributed by atoms with Crippen molar-refractivity contribution in [2.24, 2.45) is 5.73 Å². The molecule has 1 amide bonds. The second kappa shape index (κ2) is 12.1. The average Bonchev–Trinajstić information content (AvgIpc) is 2.99. The summed E-state index contributed by atoms with van der Waals surface area (Å²) in [6, 6.07) is 19.6. The van der Waals surface area contributed by atoms with Crippen molar-refractivity contribution in [3.63, 3.8) is 0 Å². The minimum atomic E-state index is -1.50. The van der Waals surface area contributed by atoms with E-state index >= 15 is 0 Å². The minimum Gasteiger partial charge on any atom is -0.507 e. The lowest BCUT2D eigenvalue weighted by atomic mass is 9.89. The number of primary amides is 1. The van der Waals surface area contributed by atoms with Gasteiger partial charge in [-0.2, -0.15) is 0 Å². The third kappa shape index (κ3) is 5.89. The molecule has 5 rings (SSSR count). The fourth-order valence-corrected chi connectivity index (χ4v) is 5.52. The fraction of sp³-hybridized carbons (Fsp3) is 0.303. The van der Waals surface area contributed by atoms with Crippen LogP contribution in [0.1, 0.15) is 35.3 Å². The molecule has 11 nitrogen and oxygen atoms in total. The minimum absolute atomic E-state index is 0.0246. The number of Topliss-reactive ketones (excluding diaryl/α,β-unsaturated/α-hetero) is 1. The zero-order chi connectivity index (χ0) is 31.8. The molecule has 3 aromatic carbocycles. The summed E-state index contributed by atoms with van der Waals surface area (Å²) in [7, 11) is 1.38. The molecule has 0 aliphatic carbocycles. The van der Waals surface area contributed by atoms with Gasteiger partial charge in [-0.25, -0.2) is 9.59 Å². The Hall–Kier alpha value is -4.71. The molecule has 230 valence electrons. The number of methoxy groups -OCH3 is 1. The first kappa shape index (κ1) is 30.7. The number of aliphatic hydroxyl groups excluding tert-OH is 1. The fourth-order valence-electron chi connectivity index (χ4n) is 5.52. The van der Waals surface area contributed by atoms with Gasteiger partial charge in [0.05, 0.1) is 16.6 Å². The molecule has 4 N–H and O–H groups in total. The molecule has 1 aliphatic rings. The highest BCUT2D eigenvalue weighted by atomic mass is 16.7. The maximum Gasteiger partial charge on any atom is 0.404 e. The number of ether oxygens (including phenoxy) is 4. The van der Waals surface area contributed by atoms with Gasteiger partial charge in [0.15, 0.2) is 18.0 Å². The van der Waals surface area contributed by atoms with Crippen LogP contribution in [0.25, 0.3) is 22.1 Å². The van der Waals surface area contributed by atoms with Crippen molar-refractivity contribution in [3.8, 4) is 22.6 Å². The zero-order valence-corrected chi connectivity index (χ0v) is 24.6. The zero-order valence-electron chi connectivity index (χ0n) is 24.6. The number of aliphatic hydroxyl groups is 1.